The zero-order valence-corrected chi connectivity index (χ0v) is 22.9. The second kappa shape index (κ2) is 14.5. The van der Waals surface area contributed by atoms with Crippen molar-refractivity contribution in [2.45, 2.75) is 98.3 Å². The minimum absolute atomic E-state index is 0.263. The topological polar surface area (TPSA) is 131 Å². The van der Waals surface area contributed by atoms with E-state index in [0.717, 1.165) is 30.4 Å². The summed E-state index contributed by atoms with van der Waals surface area (Å²) in [6.07, 6.45) is 1.86. The highest BCUT2D eigenvalue weighted by molar-refractivity contribution is 5.94. The zero-order chi connectivity index (χ0) is 27.5. The van der Waals surface area contributed by atoms with Crippen LogP contribution in [0.2, 0.25) is 0 Å². The molecule has 36 heavy (non-hydrogen) atoms. The van der Waals surface area contributed by atoms with Crippen LogP contribution in [0.1, 0.15) is 89.5 Å². The summed E-state index contributed by atoms with van der Waals surface area (Å²) in [6, 6.07) is 3.45. The molecule has 0 aromatic heterocycles. The van der Waals surface area contributed by atoms with E-state index in [0.29, 0.717) is 18.5 Å². The van der Waals surface area contributed by atoms with Gasteiger partial charge in [0.05, 0.1) is 6.42 Å². The lowest BCUT2D eigenvalue weighted by molar-refractivity contribution is -0.143. The molecule has 4 N–H and O–H groups in total. The van der Waals surface area contributed by atoms with E-state index in [1.54, 1.807) is 20.8 Å². The van der Waals surface area contributed by atoms with E-state index in [4.69, 9.17) is 10.5 Å². The Kier molecular flexibility index (Phi) is 12.4. The molecule has 0 spiro atoms. The number of carbonyl (C=O) groups excluding carboxylic acids is 4. The molecule has 0 heterocycles. The first-order chi connectivity index (χ1) is 16.8. The number of nitrogens with two attached hydrogens (primary N) is 1. The molecule has 1 aromatic carbocycles. The number of carbonyl (C=O) groups is 4. The largest absolute Gasteiger partial charge is 0.444 e. The molecule has 9 nitrogen and oxygen atoms in total. The van der Waals surface area contributed by atoms with Crippen LogP contribution in [-0.4, -0.2) is 53.4 Å². The lowest BCUT2D eigenvalue weighted by atomic mass is 9.97. The van der Waals surface area contributed by atoms with Crippen LogP contribution in [0.5, 0.6) is 0 Å². The number of nitrogens with zero attached hydrogens (tertiary/aromatic N) is 1. The molecular weight excluding hydrogens is 460 g/mol. The van der Waals surface area contributed by atoms with Crippen LogP contribution >= 0.6 is 0 Å². The third-order valence-corrected chi connectivity index (χ3v) is 5.67. The Bertz CT molecular complexity index is 910. The van der Waals surface area contributed by atoms with Gasteiger partial charge in [-0.2, -0.15) is 0 Å². The van der Waals surface area contributed by atoms with Gasteiger partial charge in [-0.1, -0.05) is 44.9 Å². The number of unbranched alkanes of at least 4 members (excludes halogenated alkanes) is 2. The Morgan fingerprint density at radius 2 is 1.67 bits per heavy atom. The molecule has 4 amide bonds. The minimum atomic E-state index is -1.27. The fraction of sp³-hybridized carbons (Fsp3) is 0.630. The maximum Gasteiger partial charge on any atom is 0.408 e. The fourth-order valence-corrected chi connectivity index (χ4v) is 3.64. The Morgan fingerprint density at radius 3 is 2.19 bits per heavy atom. The summed E-state index contributed by atoms with van der Waals surface area (Å²) in [4.78, 5) is 53.1. The van der Waals surface area contributed by atoms with Crippen molar-refractivity contribution < 1.29 is 23.9 Å². The Morgan fingerprint density at radius 1 is 1.03 bits per heavy atom. The lowest BCUT2D eigenvalue weighted by Crippen LogP contribution is -2.54. The van der Waals surface area contributed by atoms with Gasteiger partial charge in [-0.05, 0) is 64.2 Å². The van der Waals surface area contributed by atoms with Crippen LogP contribution < -0.4 is 16.4 Å². The van der Waals surface area contributed by atoms with Gasteiger partial charge in [0, 0.05) is 13.1 Å². The fourth-order valence-electron chi connectivity index (χ4n) is 3.64. The summed E-state index contributed by atoms with van der Waals surface area (Å²) in [7, 11) is 0. The average molecular weight is 505 g/mol. The number of hydrogen-bond donors (Lipinski definition) is 3. The summed E-state index contributed by atoms with van der Waals surface area (Å²) in [5.74, 6) is -1.64. The summed E-state index contributed by atoms with van der Waals surface area (Å²) in [5.41, 5.74) is 7.33. The van der Waals surface area contributed by atoms with Gasteiger partial charge in [0.25, 0.3) is 0 Å². The van der Waals surface area contributed by atoms with E-state index in [9.17, 15) is 19.2 Å². The summed E-state index contributed by atoms with van der Waals surface area (Å²) < 4.78 is 5.30. The van der Waals surface area contributed by atoms with Crippen molar-refractivity contribution in [1.29, 1.82) is 0 Å². The predicted octanol–water partition coefficient (Wildman–Crippen LogP) is 3.66. The number of hydrogen-bond acceptors (Lipinski definition) is 5. The van der Waals surface area contributed by atoms with Crippen molar-refractivity contribution in [1.82, 2.24) is 15.5 Å². The molecule has 0 saturated heterocycles. The number of benzene rings is 1. The van der Waals surface area contributed by atoms with Crippen LogP contribution in [0.3, 0.4) is 0 Å². The number of aryl methyl sites for hydroxylation is 2. The van der Waals surface area contributed by atoms with E-state index in [1.165, 1.54) is 4.90 Å². The van der Waals surface area contributed by atoms with Gasteiger partial charge in [-0.3, -0.25) is 14.4 Å². The van der Waals surface area contributed by atoms with Crippen LogP contribution in [-0.2, 0) is 19.1 Å². The molecule has 2 unspecified atom stereocenters. The highest BCUT2D eigenvalue weighted by Crippen LogP contribution is 2.26. The third kappa shape index (κ3) is 10.3. The summed E-state index contributed by atoms with van der Waals surface area (Å²) >= 11 is 0. The van der Waals surface area contributed by atoms with E-state index >= 15 is 0 Å². The summed E-state index contributed by atoms with van der Waals surface area (Å²) in [5, 5.41) is 5.44. The third-order valence-electron chi connectivity index (χ3n) is 5.67. The first-order valence-corrected chi connectivity index (χ1v) is 12.7. The second-order valence-corrected chi connectivity index (χ2v) is 10.1. The molecule has 0 aliphatic carbocycles. The number of rotatable bonds is 13. The first kappa shape index (κ1) is 30.9. The van der Waals surface area contributed by atoms with Crippen LogP contribution in [0.15, 0.2) is 18.2 Å². The van der Waals surface area contributed by atoms with Crippen LogP contribution in [0.4, 0.5) is 4.79 Å². The monoisotopic (exact) mass is 504 g/mol. The number of ether oxygens (including phenoxy) is 1. The number of amides is 4. The van der Waals surface area contributed by atoms with Crippen LogP contribution in [0, 0.1) is 13.8 Å². The Balaban J connectivity index is 3.48. The Labute approximate surface area is 215 Å². The van der Waals surface area contributed by atoms with Crippen molar-refractivity contribution in [3.05, 3.63) is 34.9 Å². The first-order valence-electron chi connectivity index (χ1n) is 12.7. The molecular formula is C27H44N4O5. The van der Waals surface area contributed by atoms with Crippen molar-refractivity contribution in [2.24, 2.45) is 5.73 Å². The van der Waals surface area contributed by atoms with Gasteiger partial charge in [0.15, 0.2) is 0 Å². The average Bonchev–Trinajstić information content (AvgIpc) is 2.76. The van der Waals surface area contributed by atoms with E-state index < -0.39 is 42.0 Å². The molecule has 0 fully saturated rings. The van der Waals surface area contributed by atoms with Crippen molar-refractivity contribution in [2.75, 3.05) is 13.1 Å². The lowest BCUT2D eigenvalue weighted by Gasteiger charge is -2.34. The number of primary amides is 1. The van der Waals surface area contributed by atoms with Gasteiger partial charge in [0.1, 0.15) is 17.7 Å². The van der Waals surface area contributed by atoms with Crippen molar-refractivity contribution >= 4 is 23.8 Å². The van der Waals surface area contributed by atoms with Gasteiger partial charge < -0.3 is 26.0 Å². The molecule has 2 atom stereocenters. The van der Waals surface area contributed by atoms with E-state index in [-0.39, 0.29) is 12.5 Å². The zero-order valence-electron chi connectivity index (χ0n) is 22.9. The SMILES string of the molecule is CCCCNC(=O)C(c1ccc(C)c(C)c1)N(CCCC)C(=O)C(CC(N)=O)NC(=O)OC(C)(C)C. The number of alkyl carbamates (subject to hydrolysis) is 1. The van der Waals surface area contributed by atoms with Gasteiger partial charge in [0.2, 0.25) is 17.7 Å². The van der Waals surface area contributed by atoms with Crippen molar-refractivity contribution in [3.63, 3.8) is 0 Å². The standard InChI is InChI=1S/C27H44N4O5/c1-8-10-14-29-24(33)23(20-13-12-18(3)19(4)16-20)31(15-11-9-2)25(34)21(17-22(28)32)30-26(35)36-27(5,6)7/h12-13,16,21,23H,8-11,14-15,17H2,1-7H3,(H2,28,32)(H,29,33)(H,30,35). The van der Waals surface area contributed by atoms with E-state index in [1.807, 2.05) is 45.9 Å². The molecule has 1 aromatic rings. The molecule has 0 radical (unpaired) electrons. The molecule has 0 saturated carbocycles. The molecule has 0 aliphatic heterocycles. The molecule has 1 rings (SSSR count). The second-order valence-electron chi connectivity index (χ2n) is 10.1. The normalized spacial score (nSPS) is 12.9. The minimum Gasteiger partial charge on any atom is -0.444 e. The highest BCUT2D eigenvalue weighted by atomic mass is 16.6. The Hall–Kier alpha value is -3.10. The van der Waals surface area contributed by atoms with Gasteiger partial charge in [-0.15, -0.1) is 0 Å². The van der Waals surface area contributed by atoms with Gasteiger partial charge in [-0.25, -0.2) is 4.79 Å². The molecule has 9 heteroatoms. The highest BCUT2D eigenvalue weighted by Gasteiger charge is 2.36. The molecule has 202 valence electrons. The van der Waals surface area contributed by atoms with Crippen LogP contribution in [0.25, 0.3) is 0 Å². The quantitative estimate of drug-likeness (QED) is 0.353. The molecule has 0 bridgehead atoms. The van der Waals surface area contributed by atoms with Gasteiger partial charge >= 0.3 is 6.09 Å². The summed E-state index contributed by atoms with van der Waals surface area (Å²) in [6.45, 7) is 13.8. The van der Waals surface area contributed by atoms with Crippen molar-refractivity contribution in [3.8, 4) is 0 Å². The number of nitrogens with one attached hydrogen (secondary N) is 2. The molecule has 0 aliphatic rings. The maximum atomic E-state index is 13.9. The smallest absolute Gasteiger partial charge is 0.408 e. The van der Waals surface area contributed by atoms with E-state index in [2.05, 4.69) is 10.6 Å². The maximum absolute atomic E-state index is 13.9. The predicted molar refractivity (Wildman–Crippen MR) is 140 cm³/mol.